The Hall–Kier alpha value is -2.16. The zero-order valence-electron chi connectivity index (χ0n) is 19.6. The molecule has 0 saturated carbocycles. The molecule has 1 unspecified atom stereocenters. The van der Waals surface area contributed by atoms with Crippen LogP contribution in [0, 0.1) is 0 Å². The number of nitrogens with two attached hydrogens (primary N) is 1. The van der Waals surface area contributed by atoms with E-state index in [-0.39, 0.29) is 30.6 Å². The Morgan fingerprint density at radius 2 is 1.91 bits per heavy atom. The number of rotatable bonds is 8. The van der Waals surface area contributed by atoms with E-state index in [1.807, 2.05) is 18.2 Å². The van der Waals surface area contributed by atoms with Gasteiger partial charge in [0.2, 0.25) is 11.8 Å². The molecule has 2 aromatic carbocycles. The second kappa shape index (κ2) is 11.7. The van der Waals surface area contributed by atoms with Crippen LogP contribution in [0.25, 0.3) is 0 Å². The monoisotopic (exact) mass is 518 g/mol. The molecule has 2 saturated heterocycles. The number of nitrogens with one attached hydrogen (secondary N) is 1. The number of carbonyl (C=O) groups is 2. The van der Waals surface area contributed by atoms with Gasteiger partial charge in [-0.2, -0.15) is 0 Å². The molecule has 2 aliphatic heterocycles. The lowest BCUT2D eigenvalue weighted by atomic mass is 10.0. The Morgan fingerprint density at radius 3 is 2.63 bits per heavy atom. The number of fused-ring (bicyclic) bond motifs is 1. The van der Waals surface area contributed by atoms with Crippen LogP contribution < -0.4 is 11.1 Å². The molecule has 188 valence electrons. The molecule has 4 rings (SSSR count). The Morgan fingerprint density at radius 1 is 1.14 bits per heavy atom. The number of aliphatic hydroxyl groups is 1. The number of nitrogens with zero attached hydrogens (tertiary/aromatic N) is 2. The average molecular weight is 519 g/mol. The summed E-state index contributed by atoms with van der Waals surface area (Å²) in [6.45, 7) is 0.837. The minimum absolute atomic E-state index is 0.0841. The van der Waals surface area contributed by atoms with E-state index < -0.39 is 18.6 Å². The molecule has 2 aromatic rings. The van der Waals surface area contributed by atoms with Gasteiger partial charge < -0.3 is 21.1 Å². The van der Waals surface area contributed by atoms with Crippen molar-refractivity contribution in [3.63, 3.8) is 0 Å². The summed E-state index contributed by atoms with van der Waals surface area (Å²) in [5.41, 5.74) is 8.30. The number of amides is 2. The zero-order valence-corrected chi connectivity index (χ0v) is 21.1. The first-order chi connectivity index (χ1) is 16.9. The molecule has 9 heteroatoms. The summed E-state index contributed by atoms with van der Waals surface area (Å²) in [4.78, 5) is 30.4. The van der Waals surface area contributed by atoms with E-state index in [1.165, 1.54) is 5.56 Å². The van der Waals surface area contributed by atoms with E-state index in [0.717, 1.165) is 24.8 Å². The fraction of sp³-hybridized carbons (Fsp3) is 0.462. The van der Waals surface area contributed by atoms with Gasteiger partial charge in [0.1, 0.15) is 6.04 Å². The van der Waals surface area contributed by atoms with E-state index in [1.54, 1.807) is 23.1 Å². The van der Waals surface area contributed by atoms with Crippen LogP contribution in [0.4, 0.5) is 0 Å². The SMILES string of the molecule is N[C@@H]1C[C@H]2C(=O)N([C@H](CO)C(=O)NCc3ccc(Cl)c(Cl)c3)CCC(CCc3ccccc3)N2C1. The summed E-state index contributed by atoms with van der Waals surface area (Å²) >= 11 is 12.0. The van der Waals surface area contributed by atoms with Crippen LogP contribution in [-0.4, -0.2) is 70.6 Å². The van der Waals surface area contributed by atoms with Crippen LogP contribution in [0.3, 0.4) is 0 Å². The van der Waals surface area contributed by atoms with Gasteiger partial charge >= 0.3 is 0 Å². The lowest BCUT2D eigenvalue weighted by Gasteiger charge is -2.31. The van der Waals surface area contributed by atoms with Crippen LogP contribution in [0.2, 0.25) is 10.0 Å². The van der Waals surface area contributed by atoms with Crippen LogP contribution in [0.5, 0.6) is 0 Å². The van der Waals surface area contributed by atoms with Gasteiger partial charge in [0.05, 0.1) is 22.7 Å². The third-order valence-electron chi connectivity index (χ3n) is 7.02. The van der Waals surface area contributed by atoms with Gasteiger partial charge in [-0.25, -0.2) is 0 Å². The second-order valence-electron chi connectivity index (χ2n) is 9.37. The number of hydrogen-bond donors (Lipinski definition) is 3. The average Bonchev–Trinajstić information content (AvgIpc) is 3.20. The molecule has 2 aliphatic rings. The molecule has 4 atom stereocenters. The van der Waals surface area contributed by atoms with E-state index in [9.17, 15) is 14.7 Å². The van der Waals surface area contributed by atoms with Crippen LogP contribution in [-0.2, 0) is 22.6 Å². The van der Waals surface area contributed by atoms with Gasteiger partial charge in [-0.15, -0.1) is 0 Å². The summed E-state index contributed by atoms with van der Waals surface area (Å²) in [6, 6.07) is 14.2. The van der Waals surface area contributed by atoms with Crippen molar-refractivity contribution >= 4 is 35.0 Å². The van der Waals surface area contributed by atoms with Crippen molar-refractivity contribution in [2.24, 2.45) is 5.73 Å². The van der Waals surface area contributed by atoms with Crippen molar-refractivity contribution in [1.29, 1.82) is 0 Å². The van der Waals surface area contributed by atoms with E-state index in [4.69, 9.17) is 28.9 Å². The van der Waals surface area contributed by atoms with Gasteiger partial charge in [0.15, 0.2) is 0 Å². The van der Waals surface area contributed by atoms with E-state index in [2.05, 4.69) is 22.3 Å². The second-order valence-corrected chi connectivity index (χ2v) is 10.2. The summed E-state index contributed by atoms with van der Waals surface area (Å²) in [7, 11) is 0. The maximum Gasteiger partial charge on any atom is 0.245 e. The largest absolute Gasteiger partial charge is 0.394 e. The fourth-order valence-electron chi connectivity index (χ4n) is 5.17. The molecule has 35 heavy (non-hydrogen) atoms. The fourth-order valence-corrected chi connectivity index (χ4v) is 5.49. The summed E-state index contributed by atoms with van der Waals surface area (Å²) in [5.74, 6) is -0.535. The summed E-state index contributed by atoms with van der Waals surface area (Å²) < 4.78 is 0. The first kappa shape index (κ1) is 25.9. The lowest BCUT2D eigenvalue weighted by Crippen LogP contribution is -2.54. The van der Waals surface area contributed by atoms with Gasteiger partial charge in [-0.1, -0.05) is 59.6 Å². The first-order valence-electron chi connectivity index (χ1n) is 12.1. The lowest BCUT2D eigenvalue weighted by molar-refractivity contribution is -0.144. The molecule has 7 nitrogen and oxygen atoms in total. The number of aliphatic hydroxyl groups excluding tert-OH is 1. The highest BCUT2D eigenvalue weighted by Gasteiger charge is 2.45. The molecular formula is C26H32Cl2N4O3. The molecular weight excluding hydrogens is 487 g/mol. The number of halogens is 2. The van der Waals surface area contributed by atoms with Gasteiger partial charge in [0, 0.05) is 31.7 Å². The molecule has 2 fully saturated rings. The topological polar surface area (TPSA) is 98.9 Å². The molecule has 2 amide bonds. The highest BCUT2D eigenvalue weighted by atomic mass is 35.5. The van der Waals surface area contributed by atoms with Crippen LogP contribution in [0.15, 0.2) is 48.5 Å². The normalized spacial score (nSPS) is 23.6. The Labute approximate surface area is 216 Å². The van der Waals surface area contributed by atoms with Crippen molar-refractivity contribution in [2.45, 2.75) is 56.4 Å². The minimum Gasteiger partial charge on any atom is -0.394 e. The Bertz CT molecular complexity index is 1040. The number of benzene rings is 2. The summed E-state index contributed by atoms with van der Waals surface area (Å²) in [6.07, 6.45) is 3.09. The van der Waals surface area contributed by atoms with Crippen molar-refractivity contribution in [3.8, 4) is 0 Å². The minimum atomic E-state index is -0.961. The Kier molecular flexibility index (Phi) is 8.68. The quantitative estimate of drug-likeness (QED) is 0.498. The van der Waals surface area contributed by atoms with Crippen molar-refractivity contribution in [3.05, 3.63) is 69.7 Å². The Balaban J connectivity index is 1.45. The van der Waals surface area contributed by atoms with E-state index in [0.29, 0.717) is 29.6 Å². The predicted molar refractivity (Wildman–Crippen MR) is 137 cm³/mol. The highest BCUT2D eigenvalue weighted by molar-refractivity contribution is 6.42. The zero-order chi connectivity index (χ0) is 24.9. The maximum absolute atomic E-state index is 13.6. The molecule has 0 bridgehead atoms. The third-order valence-corrected chi connectivity index (χ3v) is 7.76. The van der Waals surface area contributed by atoms with E-state index >= 15 is 0 Å². The predicted octanol–water partition coefficient (Wildman–Crippen LogP) is 2.61. The number of carbonyl (C=O) groups excluding carboxylic acids is 2. The maximum atomic E-state index is 13.6. The van der Waals surface area contributed by atoms with Crippen molar-refractivity contribution in [2.75, 3.05) is 19.7 Å². The molecule has 0 aromatic heterocycles. The molecule has 4 N–H and O–H groups in total. The van der Waals surface area contributed by atoms with Crippen molar-refractivity contribution in [1.82, 2.24) is 15.1 Å². The summed E-state index contributed by atoms with van der Waals surface area (Å²) in [5, 5.41) is 13.8. The van der Waals surface area contributed by atoms with Gasteiger partial charge in [-0.3, -0.25) is 14.5 Å². The molecule has 0 aliphatic carbocycles. The van der Waals surface area contributed by atoms with Gasteiger partial charge in [-0.05, 0) is 48.9 Å². The molecule has 0 spiro atoms. The van der Waals surface area contributed by atoms with Crippen molar-refractivity contribution < 1.29 is 14.7 Å². The molecule has 2 heterocycles. The van der Waals surface area contributed by atoms with Gasteiger partial charge in [0.25, 0.3) is 0 Å². The smallest absolute Gasteiger partial charge is 0.245 e. The standard InChI is InChI=1S/C26H32Cl2N4O3/c27-21-9-7-18(12-22(21)28)14-30-25(34)24(16-33)31-11-10-20(8-6-17-4-2-1-3-5-17)32-15-19(29)13-23(32)26(31)35/h1-5,7,9,12,19-20,23-24,33H,6,8,10-11,13-16,29H2,(H,30,34)/t19-,20?,23+,24-/m1/s1. The molecule has 0 radical (unpaired) electrons. The highest BCUT2D eigenvalue weighted by Crippen LogP contribution is 2.29. The number of hydrogen-bond acceptors (Lipinski definition) is 5. The van der Waals surface area contributed by atoms with Crippen LogP contribution in [0.1, 0.15) is 30.4 Å². The first-order valence-corrected chi connectivity index (χ1v) is 12.8. The van der Waals surface area contributed by atoms with Crippen LogP contribution >= 0.6 is 23.2 Å². The third kappa shape index (κ3) is 6.16. The number of aryl methyl sites for hydroxylation is 1.